The van der Waals surface area contributed by atoms with Crippen LogP contribution in [0.25, 0.3) is 0 Å². The van der Waals surface area contributed by atoms with Gasteiger partial charge in [-0.2, -0.15) is 0 Å². The highest BCUT2D eigenvalue weighted by atomic mass is 19.1. The molecule has 0 aliphatic rings. The van der Waals surface area contributed by atoms with Gasteiger partial charge in [0.1, 0.15) is 11.5 Å². The molecule has 150 valence electrons. The zero-order valence-electron chi connectivity index (χ0n) is 16.5. The van der Waals surface area contributed by atoms with Crippen LogP contribution in [0.3, 0.4) is 0 Å². The maximum atomic E-state index is 12.9. The second-order valence-electron chi connectivity index (χ2n) is 6.87. The van der Waals surface area contributed by atoms with Gasteiger partial charge in [-0.25, -0.2) is 14.4 Å². The lowest BCUT2D eigenvalue weighted by atomic mass is 10.1. The van der Waals surface area contributed by atoms with E-state index in [-0.39, 0.29) is 11.7 Å². The van der Waals surface area contributed by atoms with Gasteiger partial charge < -0.3 is 10.6 Å². The van der Waals surface area contributed by atoms with Crippen molar-refractivity contribution in [1.29, 1.82) is 0 Å². The van der Waals surface area contributed by atoms with Crippen LogP contribution in [0, 0.1) is 12.7 Å². The molecule has 0 saturated heterocycles. The van der Waals surface area contributed by atoms with E-state index < -0.39 is 0 Å². The number of hydrogen-bond donors (Lipinski definition) is 2. The third kappa shape index (κ3) is 6.68. The normalized spacial score (nSPS) is 10.6. The number of carbonyl (C=O) groups is 1. The molecular weight excluding hydrogens is 367 g/mol. The Kier molecular flexibility index (Phi) is 7.28. The molecule has 0 fully saturated rings. The Hall–Kier alpha value is -3.28. The van der Waals surface area contributed by atoms with E-state index in [4.69, 9.17) is 0 Å². The lowest BCUT2D eigenvalue weighted by molar-refractivity contribution is 0.0949. The minimum absolute atomic E-state index is 0.245. The summed E-state index contributed by atoms with van der Waals surface area (Å²) in [5.41, 5.74) is 3.32. The maximum absolute atomic E-state index is 12.9. The molecule has 0 saturated carbocycles. The van der Waals surface area contributed by atoms with Gasteiger partial charge in [-0.1, -0.05) is 42.5 Å². The monoisotopic (exact) mass is 392 g/mol. The van der Waals surface area contributed by atoms with Gasteiger partial charge in [0, 0.05) is 18.8 Å². The van der Waals surface area contributed by atoms with Crippen LogP contribution in [0.15, 0.2) is 60.7 Å². The Balaban J connectivity index is 1.48. The number of rotatable bonds is 9. The van der Waals surface area contributed by atoms with E-state index >= 15 is 0 Å². The molecule has 0 bridgehead atoms. The lowest BCUT2D eigenvalue weighted by Gasteiger charge is -2.09. The maximum Gasteiger partial charge on any atom is 0.270 e. The molecule has 0 aliphatic heterocycles. The summed E-state index contributed by atoms with van der Waals surface area (Å²) in [4.78, 5) is 21.1. The van der Waals surface area contributed by atoms with Crippen LogP contribution in [0.4, 0.5) is 10.3 Å². The second-order valence-corrected chi connectivity index (χ2v) is 6.87. The minimum Gasteiger partial charge on any atom is -0.354 e. The van der Waals surface area contributed by atoms with Gasteiger partial charge in [-0.05, 0) is 55.5 Å². The van der Waals surface area contributed by atoms with Crippen LogP contribution >= 0.6 is 0 Å². The number of carbonyl (C=O) groups excluding carboxylic acids is 1. The SMILES string of the molecule is Cc1cc(C(=O)NCCc2ccc(F)cc2)nc(NCCCc2ccccc2)n1. The zero-order chi connectivity index (χ0) is 20.5. The van der Waals surface area contributed by atoms with Crippen LogP contribution < -0.4 is 10.6 Å². The molecule has 0 atom stereocenters. The third-order valence-corrected chi connectivity index (χ3v) is 4.47. The summed E-state index contributed by atoms with van der Waals surface area (Å²) in [6.07, 6.45) is 2.54. The molecule has 1 aromatic heterocycles. The van der Waals surface area contributed by atoms with Gasteiger partial charge in [0.05, 0.1) is 0 Å². The first-order valence-corrected chi connectivity index (χ1v) is 9.76. The zero-order valence-corrected chi connectivity index (χ0v) is 16.5. The highest BCUT2D eigenvalue weighted by molar-refractivity contribution is 5.92. The summed E-state index contributed by atoms with van der Waals surface area (Å²) in [7, 11) is 0. The summed E-state index contributed by atoms with van der Waals surface area (Å²) in [6, 6.07) is 18.2. The van der Waals surface area contributed by atoms with Crippen molar-refractivity contribution >= 4 is 11.9 Å². The van der Waals surface area contributed by atoms with Crippen molar-refractivity contribution in [1.82, 2.24) is 15.3 Å². The fourth-order valence-electron chi connectivity index (χ4n) is 2.96. The average Bonchev–Trinajstić information content (AvgIpc) is 2.73. The number of aryl methyl sites for hydroxylation is 2. The predicted molar refractivity (Wildman–Crippen MR) is 112 cm³/mol. The number of aromatic nitrogens is 2. The number of nitrogens with zero attached hydrogens (tertiary/aromatic N) is 2. The van der Waals surface area contributed by atoms with E-state index in [0.29, 0.717) is 24.6 Å². The highest BCUT2D eigenvalue weighted by Crippen LogP contribution is 2.07. The fourth-order valence-corrected chi connectivity index (χ4v) is 2.96. The van der Waals surface area contributed by atoms with Crippen LogP contribution in [0.1, 0.15) is 33.7 Å². The number of hydrogen-bond acceptors (Lipinski definition) is 4. The van der Waals surface area contributed by atoms with E-state index in [9.17, 15) is 9.18 Å². The molecule has 29 heavy (non-hydrogen) atoms. The third-order valence-electron chi connectivity index (χ3n) is 4.47. The van der Waals surface area contributed by atoms with Gasteiger partial charge >= 0.3 is 0 Å². The molecule has 0 radical (unpaired) electrons. The number of nitrogens with one attached hydrogen (secondary N) is 2. The minimum atomic E-state index is -0.266. The Morgan fingerprint density at radius 3 is 2.41 bits per heavy atom. The van der Waals surface area contributed by atoms with E-state index in [2.05, 4.69) is 32.7 Å². The number of anilines is 1. The van der Waals surface area contributed by atoms with Crippen LogP contribution in [0.2, 0.25) is 0 Å². The van der Waals surface area contributed by atoms with Gasteiger partial charge in [0.25, 0.3) is 5.91 Å². The van der Waals surface area contributed by atoms with E-state index in [1.165, 1.54) is 17.7 Å². The summed E-state index contributed by atoms with van der Waals surface area (Å²) in [6.45, 7) is 3.02. The summed E-state index contributed by atoms with van der Waals surface area (Å²) >= 11 is 0. The summed E-state index contributed by atoms with van der Waals surface area (Å²) in [5, 5.41) is 6.06. The van der Waals surface area contributed by atoms with Crippen molar-refractivity contribution in [2.45, 2.75) is 26.2 Å². The van der Waals surface area contributed by atoms with E-state index in [1.807, 2.05) is 25.1 Å². The molecule has 3 aromatic rings. The van der Waals surface area contributed by atoms with Gasteiger partial charge in [0.15, 0.2) is 0 Å². The van der Waals surface area contributed by atoms with Gasteiger partial charge in [0.2, 0.25) is 5.95 Å². The summed E-state index contributed by atoms with van der Waals surface area (Å²) < 4.78 is 12.9. The lowest BCUT2D eigenvalue weighted by Crippen LogP contribution is -2.27. The van der Waals surface area contributed by atoms with Crippen LogP contribution in [0.5, 0.6) is 0 Å². The largest absolute Gasteiger partial charge is 0.354 e. The Bertz CT molecular complexity index is 929. The van der Waals surface area contributed by atoms with Gasteiger partial charge in [-0.15, -0.1) is 0 Å². The van der Waals surface area contributed by atoms with Crippen molar-refractivity contribution < 1.29 is 9.18 Å². The molecule has 0 unspecified atom stereocenters. The van der Waals surface area contributed by atoms with Crippen molar-refractivity contribution in [3.05, 3.63) is 89.0 Å². The molecule has 0 aliphatic carbocycles. The molecule has 6 heteroatoms. The molecule has 0 spiro atoms. The number of benzene rings is 2. The van der Waals surface area contributed by atoms with Crippen molar-refractivity contribution in [2.24, 2.45) is 0 Å². The first-order chi connectivity index (χ1) is 14.1. The summed E-state index contributed by atoms with van der Waals surface area (Å²) in [5.74, 6) is -0.0512. The van der Waals surface area contributed by atoms with E-state index in [1.54, 1.807) is 18.2 Å². The van der Waals surface area contributed by atoms with Crippen molar-refractivity contribution in [2.75, 3.05) is 18.4 Å². The predicted octanol–water partition coefficient (Wildman–Crippen LogP) is 3.94. The highest BCUT2D eigenvalue weighted by Gasteiger charge is 2.10. The van der Waals surface area contributed by atoms with Crippen molar-refractivity contribution in [3.63, 3.8) is 0 Å². The first kappa shape index (κ1) is 20.5. The number of amides is 1. The molecule has 2 aromatic carbocycles. The molecule has 1 amide bonds. The first-order valence-electron chi connectivity index (χ1n) is 9.76. The van der Waals surface area contributed by atoms with Crippen molar-refractivity contribution in [3.8, 4) is 0 Å². The standard InChI is InChI=1S/C23H25FN4O/c1-17-16-21(22(29)25-15-13-19-9-11-20(24)12-10-19)28-23(27-17)26-14-5-8-18-6-3-2-4-7-18/h2-4,6-7,9-12,16H,5,8,13-15H2,1H3,(H,25,29)(H,26,27,28). The van der Waals surface area contributed by atoms with E-state index in [0.717, 1.165) is 30.6 Å². The fraction of sp³-hybridized carbons (Fsp3) is 0.261. The van der Waals surface area contributed by atoms with Crippen LogP contribution in [-0.4, -0.2) is 29.0 Å². The molecule has 3 rings (SSSR count). The second kappa shape index (κ2) is 10.3. The average molecular weight is 392 g/mol. The Labute approximate surface area is 170 Å². The van der Waals surface area contributed by atoms with Crippen LogP contribution in [-0.2, 0) is 12.8 Å². The topological polar surface area (TPSA) is 66.9 Å². The molecular formula is C23H25FN4O. The Morgan fingerprint density at radius 1 is 0.931 bits per heavy atom. The molecule has 5 nitrogen and oxygen atoms in total. The molecule has 1 heterocycles. The quantitative estimate of drug-likeness (QED) is 0.541. The Morgan fingerprint density at radius 2 is 1.66 bits per heavy atom. The number of halogens is 1. The molecule has 2 N–H and O–H groups in total. The smallest absolute Gasteiger partial charge is 0.270 e. The van der Waals surface area contributed by atoms with Gasteiger partial charge in [-0.3, -0.25) is 4.79 Å².